The summed E-state index contributed by atoms with van der Waals surface area (Å²) in [6.45, 7) is 3.30. The van der Waals surface area contributed by atoms with Crippen LogP contribution in [0.1, 0.15) is 31.7 Å². The Labute approximate surface area is 112 Å². The van der Waals surface area contributed by atoms with Gasteiger partial charge in [0.05, 0.1) is 24.7 Å². The molecule has 5 heteroatoms. The van der Waals surface area contributed by atoms with Gasteiger partial charge in [-0.3, -0.25) is 4.79 Å². The Morgan fingerprint density at radius 1 is 1.63 bits per heavy atom. The van der Waals surface area contributed by atoms with Crippen LogP contribution < -0.4 is 4.74 Å². The Morgan fingerprint density at radius 2 is 2.42 bits per heavy atom. The highest BCUT2D eigenvalue weighted by molar-refractivity contribution is 5.77. The van der Waals surface area contributed by atoms with Gasteiger partial charge in [-0.1, -0.05) is 13.3 Å². The zero-order valence-corrected chi connectivity index (χ0v) is 11.0. The van der Waals surface area contributed by atoms with Crippen LogP contribution in [0.5, 0.6) is 5.88 Å². The molecule has 2 rings (SSSR count). The summed E-state index contributed by atoms with van der Waals surface area (Å²) < 4.78 is 5.62. The molecule has 0 spiro atoms. The Kier molecular flexibility index (Phi) is 4.35. The minimum absolute atomic E-state index is 0.00739. The average molecular weight is 259 g/mol. The van der Waals surface area contributed by atoms with E-state index in [9.17, 15) is 4.79 Å². The van der Waals surface area contributed by atoms with Crippen LogP contribution in [-0.2, 0) is 4.79 Å². The maximum atomic E-state index is 11.7. The number of pyridine rings is 1. The van der Waals surface area contributed by atoms with E-state index in [-0.39, 0.29) is 12.0 Å². The van der Waals surface area contributed by atoms with Gasteiger partial charge in [0.2, 0.25) is 11.8 Å². The van der Waals surface area contributed by atoms with Crippen molar-refractivity contribution >= 4 is 5.91 Å². The molecule has 1 aromatic rings. The standard InChI is InChI=1S/C14H17N3O2/c1-2-3-4-14(18)17-9-12(10-17)19-13-7-11(8-15)5-6-16-13/h5-7,12H,2-4,9-10H2,1H3. The van der Waals surface area contributed by atoms with E-state index in [1.165, 1.54) is 0 Å². The Balaban J connectivity index is 1.78. The number of ether oxygens (including phenoxy) is 1. The summed E-state index contributed by atoms with van der Waals surface area (Å²) in [5.74, 6) is 0.644. The molecule has 0 unspecified atom stereocenters. The molecule has 0 N–H and O–H groups in total. The quantitative estimate of drug-likeness (QED) is 0.807. The lowest BCUT2D eigenvalue weighted by molar-refractivity contribution is -0.140. The minimum atomic E-state index is -0.00739. The van der Waals surface area contributed by atoms with Crippen LogP contribution in [0.2, 0.25) is 0 Å². The fourth-order valence-electron chi connectivity index (χ4n) is 1.92. The van der Waals surface area contributed by atoms with Crippen molar-refractivity contribution in [1.82, 2.24) is 9.88 Å². The second-order valence-corrected chi connectivity index (χ2v) is 4.64. The molecule has 2 heterocycles. The molecule has 19 heavy (non-hydrogen) atoms. The highest BCUT2D eigenvalue weighted by Crippen LogP contribution is 2.18. The van der Waals surface area contributed by atoms with Crippen LogP contribution in [0, 0.1) is 11.3 Å². The number of carbonyl (C=O) groups excluding carboxylic acids is 1. The molecule has 1 aliphatic rings. The number of nitrogens with zero attached hydrogens (tertiary/aromatic N) is 3. The smallest absolute Gasteiger partial charge is 0.222 e. The average Bonchev–Trinajstić information content (AvgIpc) is 2.40. The van der Waals surface area contributed by atoms with Crippen LogP contribution in [0.4, 0.5) is 0 Å². The van der Waals surface area contributed by atoms with Crippen molar-refractivity contribution in [2.75, 3.05) is 13.1 Å². The number of likely N-dealkylation sites (tertiary alicyclic amines) is 1. The molecule has 0 bridgehead atoms. The molecule has 100 valence electrons. The summed E-state index contributed by atoms with van der Waals surface area (Å²) in [6, 6.07) is 5.29. The fraction of sp³-hybridized carbons (Fsp3) is 0.500. The van der Waals surface area contributed by atoms with Gasteiger partial charge in [-0.15, -0.1) is 0 Å². The highest BCUT2D eigenvalue weighted by atomic mass is 16.5. The van der Waals surface area contributed by atoms with Crippen molar-refractivity contribution in [2.24, 2.45) is 0 Å². The van der Waals surface area contributed by atoms with Crippen molar-refractivity contribution in [1.29, 1.82) is 5.26 Å². The first-order valence-corrected chi connectivity index (χ1v) is 6.53. The van der Waals surface area contributed by atoms with Crippen LogP contribution in [0.15, 0.2) is 18.3 Å². The zero-order valence-electron chi connectivity index (χ0n) is 11.0. The van der Waals surface area contributed by atoms with Crippen molar-refractivity contribution < 1.29 is 9.53 Å². The van der Waals surface area contributed by atoms with Crippen molar-refractivity contribution in [3.8, 4) is 11.9 Å². The number of hydrogen-bond donors (Lipinski definition) is 0. The molecular formula is C14H17N3O2. The third-order valence-electron chi connectivity index (χ3n) is 3.10. The van der Waals surface area contributed by atoms with Gasteiger partial charge in [0.1, 0.15) is 6.10 Å². The molecule has 0 aliphatic carbocycles. The van der Waals surface area contributed by atoms with Crippen molar-refractivity contribution in [3.63, 3.8) is 0 Å². The molecule has 1 saturated heterocycles. The maximum Gasteiger partial charge on any atom is 0.222 e. The highest BCUT2D eigenvalue weighted by Gasteiger charge is 2.31. The second-order valence-electron chi connectivity index (χ2n) is 4.64. The van der Waals surface area contributed by atoms with E-state index >= 15 is 0 Å². The Bertz CT molecular complexity index is 490. The van der Waals surface area contributed by atoms with E-state index < -0.39 is 0 Å². The van der Waals surface area contributed by atoms with Gasteiger partial charge in [0.15, 0.2) is 0 Å². The van der Waals surface area contributed by atoms with E-state index in [1.807, 2.05) is 6.07 Å². The summed E-state index contributed by atoms with van der Waals surface area (Å²) in [5.41, 5.74) is 0.528. The van der Waals surface area contributed by atoms with E-state index in [4.69, 9.17) is 10.00 Å². The Hall–Kier alpha value is -2.09. The number of unbranched alkanes of at least 4 members (excludes halogenated alkanes) is 1. The van der Waals surface area contributed by atoms with E-state index in [0.29, 0.717) is 31.0 Å². The van der Waals surface area contributed by atoms with E-state index in [2.05, 4.69) is 11.9 Å². The number of nitriles is 1. The number of rotatable bonds is 5. The lowest BCUT2D eigenvalue weighted by atomic mass is 10.1. The minimum Gasteiger partial charge on any atom is -0.471 e. The summed E-state index contributed by atoms with van der Waals surface area (Å²) in [4.78, 5) is 17.5. The summed E-state index contributed by atoms with van der Waals surface area (Å²) in [6.07, 6.45) is 4.13. The summed E-state index contributed by atoms with van der Waals surface area (Å²) in [7, 11) is 0. The van der Waals surface area contributed by atoms with Gasteiger partial charge in [0, 0.05) is 18.7 Å². The van der Waals surface area contributed by atoms with Crippen molar-refractivity contribution in [3.05, 3.63) is 23.9 Å². The fourth-order valence-corrected chi connectivity index (χ4v) is 1.92. The van der Waals surface area contributed by atoms with Gasteiger partial charge < -0.3 is 9.64 Å². The van der Waals surface area contributed by atoms with Crippen LogP contribution in [0.3, 0.4) is 0 Å². The molecule has 0 atom stereocenters. The molecule has 1 aliphatic heterocycles. The number of carbonyl (C=O) groups is 1. The Morgan fingerprint density at radius 3 is 3.11 bits per heavy atom. The monoisotopic (exact) mass is 259 g/mol. The van der Waals surface area contributed by atoms with Gasteiger partial charge in [-0.05, 0) is 12.5 Å². The molecule has 5 nitrogen and oxygen atoms in total. The van der Waals surface area contributed by atoms with E-state index in [0.717, 1.165) is 12.8 Å². The van der Waals surface area contributed by atoms with Gasteiger partial charge in [-0.25, -0.2) is 4.98 Å². The summed E-state index contributed by atoms with van der Waals surface area (Å²) >= 11 is 0. The van der Waals surface area contributed by atoms with Gasteiger partial charge >= 0.3 is 0 Å². The third kappa shape index (κ3) is 3.44. The second kappa shape index (κ2) is 6.19. The van der Waals surface area contributed by atoms with Crippen molar-refractivity contribution in [2.45, 2.75) is 32.3 Å². The van der Waals surface area contributed by atoms with Gasteiger partial charge in [-0.2, -0.15) is 5.26 Å². The van der Waals surface area contributed by atoms with E-state index in [1.54, 1.807) is 23.2 Å². The normalized spacial score (nSPS) is 14.6. The SMILES string of the molecule is CCCCC(=O)N1CC(Oc2cc(C#N)ccn2)C1. The molecule has 0 radical (unpaired) electrons. The zero-order chi connectivity index (χ0) is 13.7. The number of hydrogen-bond acceptors (Lipinski definition) is 4. The largest absolute Gasteiger partial charge is 0.471 e. The summed E-state index contributed by atoms with van der Waals surface area (Å²) in [5, 5.41) is 8.78. The maximum absolute atomic E-state index is 11.7. The molecule has 0 saturated carbocycles. The first kappa shape index (κ1) is 13.3. The predicted molar refractivity (Wildman–Crippen MR) is 69.5 cm³/mol. The lowest BCUT2D eigenvalue weighted by Gasteiger charge is -2.38. The molecular weight excluding hydrogens is 242 g/mol. The van der Waals surface area contributed by atoms with Crippen LogP contribution >= 0.6 is 0 Å². The topological polar surface area (TPSA) is 66.2 Å². The molecule has 1 aromatic heterocycles. The van der Waals surface area contributed by atoms with Crippen LogP contribution in [0.25, 0.3) is 0 Å². The first-order valence-electron chi connectivity index (χ1n) is 6.53. The molecule has 1 amide bonds. The first-order chi connectivity index (χ1) is 9.22. The van der Waals surface area contributed by atoms with Gasteiger partial charge in [0.25, 0.3) is 0 Å². The lowest BCUT2D eigenvalue weighted by Crippen LogP contribution is -2.56. The number of aromatic nitrogens is 1. The number of amides is 1. The third-order valence-corrected chi connectivity index (χ3v) is 3.10. The van der Waals surface area contributed by atoms with Crippen LogP contribution in [-0.4, -0.2) is 35.0 Å². The molecule has 0 aromatic carbocycles. The molecule has 1 fully saturated rings. The predicted octanol–water partition coefficient (Wildman–Crippen LogP) is 1.73.